The SMILES string of the molecule is COC(=O)C1=C(OC)CC2CN=C(c3ccccc3F)c3cc(Cl)ccc3N2C1=O. The molecule has 1 atom stereocenters. The molecule has 0 N–H and O–H groups in total. The molecule has 6 nitrogen and oxygen atoms in total. The van der Waals surface area contributed by atoms with Gasteiger partial charge in [-0.1, -0.05) is 23.7 Å². The lowest BCUT2D eigenvalue weighted by molar-refractivity contribution is -0.138. The lowest BCUT2D eigenvalue weighted by Gasteiger charge is -2.35. The van der Waals surface area contributed by atoms with Crippen LogP contribution in [0.2, 0.25) is 5.02 Å². The summed E-state index contributed by atoms with van der Waals surface area (Å²) < 4.78 is 24.7. The molecule has 30 heavy (non-hydrogen) atoms. The highest BCUT2D eigenvalue weighted by Gasteiger charge is 2.42. The quantitative estimate of drug-likeness (QED) is 0.554. The van der Waals surface area contributed by atoms with Gasteiger partial charge in [-0.05, 0) is 30.3 Å². The molecular weight excluding hydrogens is 411 g/mol. The molecule has 1 unspecified atom stereocenters. The first-order valence-corrected chi connectivity index (χ1v) is 9.62. The van der Waals surface area contributed by atoms with Gasteiger partial charge in [0, 0.05) is 22.6 Å². The van der Waals surface area contributed by atoms with Gasteiger partial charge >= 0.3 is 5.97 Å². The smallest absolute Gasteiger partial charge is 0.346 e. The van der Waals surface area contributed by atoms with Crippen molar-refractivity contribution in [2.24, 2.45) is 4.99 Å². The minimum absolute atomic E-state index is 0.161. The van der Waals surface area contributed by atoms with Gasteiger partial charge in [-0.2, -0.15) is 0 Å². The van der Waals surface area contributed by atoms with Crippen molar-refractivity contribution >= 4 is 34.9 Å². The highest BCUT2D eigenvalue weighted by molar-refractivity contribution is 6.32. The second-order valence-electron chi connectivity index (χ2n) is 6.86. The summed E-state index contributed by atoms with van der Waals surface area (Å²) in [5.74, 6) is -1.51. The van der Waals surface area contributed by atoms with E-state index in [4.69, 9.17) is 21.1 Å². The number of hydrogen-bond donors (Lipinski definition) is 0. The molecule has 2 heterocycles. The number of esters is 1. The third-order valence-electron chi connectivity index (χ3n) is 5.20. The Balaban J connectivity index is 1.92. The van der Waals surface area contributed by atoms with Crippen LogP contribution < -0.4 is 4.90 Å². The molecule has 0 radical (unpaired) electrons. The Bertz CT molecular complexity index is 1110. The minimum Gasteiger partial charge on any atom is -0.500 e. The van der Waals surface area contributed by atoms with Gasteiger partial charge in [0.25, 0.3) is 5.91 Å². The zero-order valence-electron chi connectivity index (χ0n) is 16.3. The van der Waals surface area contributed by atoms with E-state index < -0.39 is 23.7 Å². The summed E-state index contributed by atoms with van der Waals surface area (Å²) in [5, 5.41) is 0.419. The highest BCUT2D eigenvalue weighted by atomic mass is 35.5. The third kappa shape index (κ3) is 3.25. The van der Waals surface area contributed by atoms with Crippen molar-refractivity contribution < 1.29 is 23.5 Å². The van der Waals surface area contributed by atoms with Gasteiger partial charge in [-0.15, -0.1) is 0 Å². The Kier molecular flexibility index (Phi) is 5.30. The van der Waals surface area contributed by atoms with Crippen LogP contribution in [-0.2, 0) is 19.1 Å². The lowest BCUT2D eigenvalue weighted by Crippen LogP contribution is -2.48. The molecule has 8 heteroatoms. The van der Waals surface area contributed by atoms with Crippen LogP contribution in [0, 0.1) is 5.82 Å². The van der Waals surface area contributed by atoms with Crippen molar-refractivity contribution in [2.45, 2.75) is 12.5 Å². The Labute approximate surface area is 177 Å². The summed E-state index contributed by atoms with van der Waals surface area (Å²) in [4.78, 5) is 31.8. The minimum atomic E-state index is -0.773. The number of halogens is 2. The lowest BCUT2D eigenvalue weighted by atomic mass is 9.96. The van der Waals surface area contributed by atoms with Crippen LogP contribution >= 0.6 is 11.6 Å². The molecule has 4 rings (SSSR count). The predicted molar refractivity (Wildman–Crippen MR) is 110 cm³/mol. The fraction of sp³-hybridized carbons (Fsp3) is 0.227. The summed E-state index contributed by atoms with van der Waals surface area (Å²) in [6.07, 6.45) is 0.267. The van der Waals surface area contributed by atoms with Crippen LogP contribution in [0.3, 0.4) is 0 Å². The molecule has 0 aromatic heterocycles. The topological polar surface area (TPSA) is 68.2 Å². The first-order valence-electron chi connectivity index (χ1n) is 9.24. The summed E-state index contributed by atoms with van der Waals surface area (Å²) in [7, 11) is 2.61. The Morgan fingerprint density at radius 2 is 1.97 bits per heavy atom. The van der Waals surface area contributed by atoms with Gasteiger partial charge in [0.1, 0.15) is 11.6 Å². The van der Waals surface area contributed by atoms with Gasteiger partial charge in [0.05, 0.1) is 38.2 Å². The fourth-order valence-electron chi connectivity index (χ4n) is 3.83. The molecule has 1 amide bonds. The number of methoxy groups -OCH3 is 2. The normalized spacial score (nSPS) is 18.3. The predicted octanol–water partition coefficient (Wildman–Crippen LogP) is 3.51. The number of hydrogen-bond acceptors (Lipinski definition) is 5. The van der Waals surface area contributed by atoms with Crippen molar-refractivity contribution in [3.63, 3.8) is 0 Å². The number of rotatable bonds is 3. The van der Waals surface area contributed by atoms with E-state index >= 15 is 0 Å². The van der Waals surface area contributed by atoms with Crippen molar-refractivity contribution in [2.75, 3.05) is 25.7 Å². The zero-order valence-corrected chi connectivity index (χ0v) is 17.1. The van der Waals surface area contributed by atoms with E-state index in [2.05, 4.69) is 4.99 Å². The monoisotopic (exact) mass is 428 g/mol. The second kappa shape index (κ2) is 7.91. The summed E-state index contributed by atoms with van der Waals surface area (Å²) in [5.41, 5.74) is 1.54. The summed E-state index contributed by atoms with van der Waals surface area (Å²) >= 11 is 6.23. The molecule has 0 fully saturated rings. The molecule has 0 saturated heterocycles. The molecule has 2 aromatic carbocycles. The zero-order chi connectivity index (χ0) is 21.4. The number of fused-ring (bicyclic) bond motifs is 3. The molecule has 2 aliphatic rings. The van der Waals surface area contributed by atoms with Crippen LogP contribution in [0.5, 0.6) is 0 Å². The summed E-state index contributed by atoms with van der Waals surface area (Å²) in [6.45, 7) is 0.197. The van der Waals surface area contributed by atoms with E-state index in [-0.39, 0.29) is 24.3 Å². The maximum atomic E-state index is 14.6. The molecule has 154 valence electrons. The molecule has 0 spiro atoms. The standard InChI is InChI=1S/C22H18ClFN2O4/c1-29-18-10-13-11-25-20(14-5-3-4-6-16(14)24)15-9-12(23)7-8-17(15)26(13)21(27)19(18)22(28)30-2/h3-9,13H,10-11H2,1-2H3. The van der Waals surface area contributed by atoms with E-state index in [1.54, 1.807) is 36.4 Å². The van der Waals surface area contributed by atoms with E-state index in [9.17, 15) is 14.0 Å². The van der Waals surface area contributed by atoms with Crippen molar-refractivity contribution in [3.05, 3.63) is 75.8 Å². The van der Waals surface area contributed by atoms with Crippen LogP contribution in [0.1, 0.15) is 17.5 Å². The molecular formula is C22H18ClFN2O4. The molecule has 2 aromatic rings. The van der Waals surface area contributed by atoms with Crippen LogP contribution in [0.25, 0.3) is 0 Å². The number of carbonyl (C=O) groups is 2. The van der Waals surface area contributed by atoms with Crippen LogP contribution in [0.4, 0.5) is 10.1 Å². The van der Waals surface area contributed by atoms with E-state index in [1.807, 2.05) is 0 Å². The summed E-state index contributed by atoms with van der Waals surface area (Å²) in [6, 6.07) is 10.8. The van der Waals surface area contributed by atoms with Crippen LogP contribution in [-0.4, -0.2) is 44.4 Å². The number of benzene rings is 2. The van der Waals surface area contributed by atoms with Gasteiger partial charge in [0.15, 0.2) is 5.57 Å². The number of amides is 1. The average Bonchev–Trinajstić information content (AvgIpc) is 2.90. The Morgan fingerprint density at radius 3 is 2.67 bits per heavy atom. The van der Waals surface area contributed by atoms with Crippen molar-refractivity contribution in [1.29, 1.82) is 0 Å². The van der Waals surface area contributed by atoms with Gasteiger partial charge < -0.3 is 14.4 Å². The van der Waals surface area contributed by atoms with Crippen molar-refractivity contribution in [1.82, 2.24) is 0 Å². The fourth-order valence-corrected chi connectivity index (χ4v) is 4.00. The average molecular weight is 429 g/mol. The maximum Gasteiger partial charge on any atom is 0.346 e. The molecule has 2 aliphatic heterocycles. The highest BCUT2D eigenvalue weighted by Crippen LogP contribution is 2.37. The number of carbonyl (C=O) groups excluding carboxylic acids is 2. The van der Waals surface area contributed by atoms with E-state index in [0.717, 1.165) is 0 Å². The van der Waals surface area contributed by atoms with E-state index in [1.165, 1.54) is 25.2 Å². The van der Waals surface area contributed by atoms with Gasteiger partial charge in [-0.3, -0.25) is 9.79 Å². The number of aliphatic imine (C=N–C) groups is 1. The largest absolute Gasteiger partial charge is 0.500 e. The first kappa shape index (κ1) is 20.1. The van der Waals surface area contributed by atoms with Crippen molar-refractivity contribution in [3.8, 4) is 0 Å². The molecule has 0 aliphatic carbocycles. The molecule has 0 saturated carbocycles. The third-order valence-corrected chi connectivity index (χ3v) is 5.43. The molecule has 0 bridgehead atoms. The second-order valence-corrected chi connectivity index (χ2v) is 7.29. The van der Waals surface area contributed by atoms with Crippen LogP contribution in [0.15, 0.2) is 58.8 Å². The first-order chi connectivity index (χ1) is 14.5. The number of anilines is 1. The Morgan fingerprint density at radius 1 is 1.20 bits per heavy atom. The Hall–Kier alpha value is -3.19. The number of nitrogens with zero attached hydrogens (tertiary/aromatic N) is 2. The van der Waals surface area contributed by atoms with Gasteiger partial charge in [0.2, 0.25) is 0 Å². The van der Waals surface area contributed by atoms with E-state index in [0.29, 0.717) is 27.5 Å². The maximum absolute atomic E-state index is 14.6. The van der Waals surface area contributed by atoms with Gasteiger partial charge in [-0.25, -0.2) is 9.18 Å². The number of ether oxygens (including phenoxy) is 2.